The molecule has 0 radical (unpaired) electrons. The maximum Gasteiger partial charge on any atom is 0.271 e. The minimum Gasteiger partial charge on any atom is -0.495 e. The van der Waals surface area contributed by atoms with Crippen LogP contribution in [0.5, 0.6) is 11.5 Å². The third-order valence-electron chi connectivity index (χ3n) is 3.35. The molecule has 7 heteroatoms. The number of non-ortho nitro benzene ring substituents is 1. The fourth-order valence-corrected chi connectivity index (χ4v) is 2.02. The molecule has 0 aromatic heterocycles. The van der Waals surface area contributed by atoms with Crippen molar-refractivity contribution in [1.82, 2.24) is 0 Å². The number of carbonyl (C=O) groups excluding carboxylic acids is 1. The normalized spacial score (nSPS) is 11.5. The smallest absolute Gasteiger partial charge is 0.271 e. The molecule has 2 rings (SSSR count). The lowest BCUT2D eigenvalue weighted by Crippen LogP contribution is -2.30. The van der Waals surface area contributed by atoms with Gasteiger partial charge in [-0.25, -0.2) is 0 Å². The molecule has 0 unspecified atom stereocenters. The topological polar surface area (TPSA) is 90.7 Å². The maximum atomic E-state index is 12.3. The molecule has 0 spiro atoms. The lowest BCUT2D eigenvalue weighted by atomic mass is 10.2. The SMILES string of the molecule is COc1ccc([N+](=O)[O-])cc1NC(=O)[C@H](C)Oc1ccc(C)cc1. The number of rotatable bonds is 6. The predicted octanol–water partition coefficient (Wildman–Crippen LogP) is 3.32. The quantitative estimate of drug-likeness (QED) is 0.648. The number of amides is 1. The second-order valence-electron chi connectivity index (χ2n) is 5.20. The van der Waals surface area contributed by atoms with E-state index in [4.69, 9.17) is 9.47 Å². The van der Waals surface area contributed by atoms with Crippen LogP contribution < -0.4 is 14.8 Å². The Kier molecular flexibility index (Phi) is 5.36. The van der Waals surface area contributed by atoms with Crippen LogP contribution in [0.25, 0.3) is 0 Å². The standard InChI is InChI=1S/C17H18N2O5/c1-11-4-7-14(8-5-11)24-12(2)17(20)18-15-10-13(19(21)22)6-9-16(15)23-3/h4-10,12H,1-3H3,(H,18,20)/t12-/m0/s1. The Bertz CT molecular complexity index is 743. The number of benzene rings is 2. The maximum absolute atomic E-state index is 12.3. The van der Waals surface area contributed by atoms with Crippen molar-refractivity contribution >= 4 is 17.3 Å². The van der Waals surface area contributed by atoms with Crippen molar-refractivity contribution in [3.8, 4) is 11.5 Å². The summed E-state index contributed by atoms with van der Waals surface area (Å²) in [5.41, 5.74) is 1.16. The first kappa shape index (κ1) is 17.3. The number of nitrogens with zero attached hydrogens (tertiary/aromatic N) is 1. The van der Waals surface area contributed by atoms with E-state index in [0.29, 0.717) is 11.5 Å². The number of hydrogen-bond donors (Lipinski definition) is 1. The number of nitro benzene ring substituents is 1. The van der Waals surface area contributed by atoms with Crippen LogP contribution in [-0.4, -0.2) is 24.0 Å². The molecule has 126 valence electrons. The van der Waals surface area contributed by atoms with E-state index in [-0.39, 0.29) is 11.4 Å². The van der Waals surface area contributed by atoms with Crippen LogP contribution in [0.2, 0.25) is 0 Å². The highest BCUT2D eigenvalue weighted by Crippen LogP contribution is 2.29. The van der Waals surface area contributed by atoms with Gasteiger partial charge in [0.25, 0.3) is 11.6 Å². The number of carbonyl (C=O) groups is 1. The van der Waals surface area contributed by atoms with Gasteiger partial charge in [-0.1, -0.05) is 17.7 Å². The van der Waals surface area contributed by atoms with Crippen molar-refractivity contribution in [3.05, 3.63) is 58.1 Å². The predicted molar refractivity (Wildman–Crippen MR) is 89.5 cm³/mol. The molecule has 0 aliphatic rings. The van der Waals surface area contributed by atoms with E-state index in [9.17, 15) is 14.9 Å². The molecular weight excluding hydrogens is 312 g/mol. The Hall–Kier alpha value is -3.09. The monoisotopic (exact) mass is 330 g/mol. The molecule has 7 nitrogen and oxygen atoms in total. The molecule has 2 aromatic rings. The lowest BCUT2D eigenvalue weighted by molar-refractivity contribution is -0.384. The van der Waals surface area contributed by atoms with Crippen molar-refractivity contribution in [2.75, 3.05) is 12.4 Å². The molecule has 0 fully saturated rings. The Morgan fingerprint density at radius 1 is 1.21 bits per heavy atom. The first-order valence-electron chi connectivity index (χ1n) is 7.27. The number of aryl methyl sites for hydroxylation is 1. The Balaban J connectivity index is 2.11. The molecule has 1 amide bonds. The van der Waals surface area contributed by atoms with Gasteiger partial charge in [0.2, 0.25) is 0 Å². The number of methoxy groups -OCH3 is 1. The summed E-state index contributed by atoms with van der Waals surface area (Å²) in [6, 6.07) is 11.3. The Morgan fingerprint density at radius 2 is 1.88 bits per heavy atom. The van der Waals surface area contributed by atoms with Gasteiger partial charge in [-0.05, 0) is 32.0 Å². The molecule has 0 saturated carbocycles. The van der Waals surface area contributed by atoms with Crippen LogP contribution in [0.3, 0.4) is 0 Å². The molecule has 2 aromatic carbocycles. The van der Waals surface area contributed by atoms with Crippen LogP contribution in [0.4, 0.5) is 11.4 Å². The van der Waals surface area contributed by atoms with Crippen LogP contribution in [0, 0.1) is 17.0 Å². The molecule has 1 N–H and O–H groups in total. The fourth-order valence-electron chi connectivity index (χ4n) is 2.02. The summed E-state index contributed by atoms with van der Waals surface area (Å²) in [6.07, 6.45) is -0.781. The zero-order valence-electron chi connectivity index (χ0n) is 13.6. The zero-order valence-corrected chi connectivity index (χ0v) is 13.6. The molecule has 1 atom stereocenters. The third-order valence-corrected chi connectivity index (χ3v) is 3.35. The minimum atomic E-state index is -0.781. The summed E-state index contributed by atoms with van der Waals surface area (Å²) in [6.45, 7) is 3.55. The van der Waals surface area contributed by atoms with Crippen molar-refractivity contribution in [1.29, 1.82) is 0 Å². The average Bonchev–Trinajstić information content (AvgIpc) is 2.56. The molecule has 0 aliphatic heterocycles. The number of nitrogens with one attached hydrogen (secondary N) is 1. The van der Waals surface area contributed by atoms with Gasteiger partial charge in [-0.3, -0.25) is 14.9 Å². The van der Waals surface area contributed by atoms with E-state index >= 15 is 0 Å². The second-order valence-corrected chi connectivity index (χ2v) is 5.20. The van der Waals surface area contributed by atoms with Gasteiger partial charge >= 0.3 is 0 Å². The summed E-state index contributed by atoms with van der Waals surface area (Å²) in [5.74, 6) is 0.458. The molecular formula is C17H18N2O5. The number of ether oxygens (including phenoxy) is 2. The summed E-state index contributed by atoms with van der Waals surface area (Å²) in [5, 5.41) is 13.5. The van der Waals surface area contributed by atoms with Crippen LogP contribution in [0.1, 0.15) is 12.5 Å². The van der Waals surface area contributed by atoms with E-state index in [1.54, 1.807) is 19.1 Å². The highest BCUT2D eigenvalue weighted by molar-refractivity contribution is 5.95. The number of hydrogen-bond acceptors (Lipinski definition) is 5. The largest absolute Gasteiger partial charge is 0.495 e. The first-order valence-corrected chi connectivity index (χ1v) is 7.27. The summed E-state index contributed by atoms with van der Waals surface area (Å²) >= 11 is 0. The van der Waals surface area contributed by atoms with Crippen molar-refractivity contribution in [3.63, 3.8) is 0 Å². The Labute approximate surface area is 139 Å². The van der Waals surface area contributed by atoms with E-state index < -0.39 is 16.9 Å². The van der Waals surface area contributed by atoms with Gasteiger partial charge in [0.1, 0.15) is 11.5 Å². The van der Waals surface area contributed by atoms with Gasteiger partial charge in [0, 0.05) is 12.1 Å². The minimum absolute atomic E-state index is 0.141. The third kappa shape index (κ3) is 4.22. The molecule has 24 heavy (non-hydrogen) atoms. The van der Waals surface area contributed by atoms with Crippen molar-refractivity contribution in [2.24, 2.45) is 0 Å². The van der Waals surface area contributed by atoms with Crippen LogP contribution in [0.15, 0.2) is 42.5 Å². The molecule has 0 aliphatic carbocycles. The fraction of sp³-hybridized carbons (Fsp3) is 0.235. The van der Waals surface area contributed by atoms with E-state index in [0.717, 1.165) is 5.56 Å². The number of nitro groups is 1. The van der Waals surface area contributed by atoms with Gasteiger partial charge in [-0.2, -0.15) is 0 Å². The highest BCUT2D eigenvalue weighted by atomic mass is 16.6. The highest BCUT2D eigenvalue weighted by Gasteiger charge is 2.19. The van der Waals surface area contributed by atoms with Crippen molar-refractivity contribution in [2.45, 2.75) is 20.0 Å². The van der Waals surface area contributed by atoms with E-state index in [1.165, 1.54) is 25.3 Å². The summed E-state index contributed by atoms with van der Waals surface area (Å²) in [4.78, 5) is 22.6. The molecule has 0 saturated heterocycles. The Morgan fingerprint density at radius 3 is 2.46 bits per heavy atom. The van der Waals surface area contributed by atoms with Crippen molar-refractivity contribution < 1.29 is 19.2 Å². The van der Waals surface area contributed by atoms with E-state index in [1.807, 2.05) is 19.1 Å². The van der Waals surface area contributed by atoms with Crippen LogP contribution >= 0.6 is 0 Å². The second kappa shape index (κ2) is 7.45. The average molecular weight is 330 g/mol. The van der Waals surface area contributed by atoms with E-state index in [2.05, 4.69) is 5.32 Å². The molecule has 0 bridgehead atoms. The summed E-state index contributed by atoms with van der Waals surface area (Å²) in [7, 11) is 1.42. The summed E-state index contributed by atoms with van der Waals surface area (Å²) < 4.78 is 10.7. The zero-order chi connectivity index (χ0) is 17.7. The van der Waals surface area contributed by atoms with Gasteiger partial charge < -0.3 is 14.8 Å². The first-order chi connectivity index (χ1) is 11.4. The van der Waals surface area contributed by atoms with Crippen LogP contribution in [-0.2, 0) is 4.79 Å². The number of anilines is 1. The molecule has 0 heterocycles. The van der Waals surface area contributed by atoms with Gasteiger partial charge in [-0.15, -0.1) is 0 Å². The van der Waals surface area contributed by atoms with Gasteiger partial charge in [0.15, 0.2) is 6.10 Å². The lowest BCUT2D eigenvalue weighted by Gasteiger charge is -2.16. The van der Waals surface area contributed by atoms with Gasteiger partial charge in [0.05, 0.1) is 17.7 Å².